The molecule has 0 aromatic heterocycles. The Balaban J connectivity index is 0.00000361. The number of ether oxygens (including phenoxy) is 3. The van der Waals surface area contributed by atoms with Crippen molar-refractivity contribution in [3.63, 3.8) is 0 Å². The first-order valence-corrected chi connectivity index (χ1v) is 31.5. The maximum absolute atomic E-state index is 12.5. The summed E-state index contributed by atoms with van der Waals surface area (Å²) in [4.78, 5) is 0. The summed E-state index contributed by atoms with van der Waals surface area (Å²) in [6, 6.07) is 0. The van der Waals surface area contributed by atoms with Crippen molar-refractivity contribution in [2.75, 3.05) is 13.2 Å². The maximum atomic E-state index is 12.5. The van der Waals surface area contributed by atoms with Gasteiger partial charge >= 0.3 is 59.1 Å². The molecule has 0 aromatic rings. The molecule has 15 nitrogen and oxygen atoms in total. The standard InChI is InChI=1S/C58H90O15S2.2Na/c1-30(2)34-22-32(4)43(17-12-31(3)37-13-15-39-35-24-45(72-74(63,64)65)49-51(6,7)57(61)47(59)26-55(49,28-69-57)41(35)18-20-53(37,39)10)71-44(23-34)33(5)38-14-16-40-36-25-46(73-75(66,67)68)50-52(8,9)58(62)48(60)27-56(50,29-70-58)42(36)19-21-54(38,40)11;;/h31-34,37-40,43-50,59-62H,1,12-29H2,2-11H3,(H,63,64,65)(H,66,67,68);;/q;2*+1/p-2/t31-,32+,33+,34+,37-,38-,39+,40+,43+,44-,45+,46+,47+,48+,49?,50?,53-,54-,55+,56+,57+,58+;;/m1../s1. The summed E-state index contributed by atoms with van der Waals surface area (Å²) >= 11 is 0. The molecule has 0 radical (unpaired) electrons. The van der Waals surface area contributed by atoms with Gasteiger partial charge in [-0.3, -0.25) is 8.37 Å². The third kappa shape index (κ3) is 9.19. The van der Waals surface area contributed by atoms with Gasteiger partial charge < -0.3 is 43.7 Å². The molecule has 5 aliphatic heterocycles. The van der Waals surface area contributed by atoms with Crippen LogP contribution in [-0.2, 0) is 43.4 Å². The topological polar surface area (TPSA) is 241 Å². The summed E-state index contributed by atoms with van der Waals surface area (Å²) < 4.78 is 105. The molecule has 77 heavy (non-hydrogen) atoms. The Morgan fingerprint density at radius 1 is 0.727 bits per heavy atom. The van der Waals surface area contributed by atoms with Crippen molar-refractivity contribution in [1.82, 2.24) is 0 Å². The van der Waals surface area contributed by atoms with Crippen molar-refractivity contribution in [3.8, 4) is 0 Å². The zero-order chi connectivity index (χ0) is 54.4. The molecular formula is C58H88Na2O15S2. The zero-order valence-corrected chi connectivity index (χ0v) is 53.9. The average Bonchev–Trinajstić information content (AvgIpc) is 3.81. The summed E-state index contributed by atoms with van der Waals surface area (Å²) in [5, 5.41) is 46.4. The molecule has 8 aliphatic carbocycles. The number of hydrogen-bond acceptors (Lipinski definition) is 15. The van der Waals surface area contributed by atoms with Gasteiger partial charge in [0, 0.05) is 33.5 Å². The third-order valence-electron chi connectivity index (χ3n) is 24.9. The molecule has 13 aliphatic rings. The van der Waals surface area contributed by atoms with E-state index in [9.17, 15) is 46.4 Å². The Morgan fingerprint density at radius 3 is 1.60 bits per heavy atom. The van der Waals surface area contributed by atoms with Gasteiger partial charge in [-0.25, -0.2) is 16.8 Å². The number of rotatable bonds is 11. The van der Waals surface area contributed by atoms with Crippen molar-refractivity contribution in [3.05, 3.63) is 34.4 Å². The van der Waals surface area contributed by atoms with E-state index in [0.29, 0.717) is 42.4 Å². The van der Waals surface area contributed by atoms with Crippen LogP contribution < -0.4 is 59.1 Å². The maximum Gasteiger partial charge on any atom is 1.00 e. The average molecular weight is 1140 g/mol. The number of hydrogen-bond donors (Lipinski definition) is 4. The number of fused-ring (bicyclic) bond motifs is 8. The van der Waals surface area contributed by atoms with E-state index in [-0.39, 0.29) is 126 Å². The van der Waals surface area contributed by atoms with E-state index in [2.05, 4.69) is 48.1 Å². The molecule has 13 rings (SSSR count). The van der Waals surface area contributed by atoms with Crippen LogP contribution in [0.15, 0.2) is 34.4 Å². The van der Waals surface area contributed by atoms with Gasteiger partial charge in [-0.1, -0.05) is 96.8 Å². The van der Waals surface area contributed by atoms with Crippen molar-refractivity contribution in [2.24, 2.45) is 91.7 Å². The molecule has 2 unspecified atom stereocenters. The van der Waals surface area contributed by atoms with E-state index in [4.69, 9.17) is 22.6 Å². The molecule has 424 valence electrons. The van der Waals surface area contributed by atoms with Crippen LogP contribution in [0.5, 0.6) is 0 Å². The second-order valence-electron chi connectivity index (χ2n) is 28.7. The minimum absolute atomic E-state index is 0. The van der Waals surface area contributed by atoms with E-state index >= 15 is 0 Å². The van der Waals surface area contributed by atoms with E-state index in [1.807, 2.05) is 0 Å². The molecular weight excluding hydrogens is 1050 g/mol. The molecule has 0 amide bonds. The Hall–Kier alpha value is 0.680. The molecule has 4 bridgehead atoms. The second kappa shape index (κ2) is 20.4. The first-order valence-electron chi connectivity index (χ1n) is 28.8. The largest absolute Gasteiger partial charge is 1.00 e. The first-order chi connectivity index (χ1) is 34.7. The zero-order valence-electron chi connectivity index (χ0n) is 48.3. The van der Waals surface area contributed by atoms with Crippen molar-refractivity contribution in [1.29, 1.82) is 0 Å². The Labute approximate surface area is 504 Å². The molecule has 0 aromatic carbocycles. The summed E-state index contributed by atoms with van der Waals surface area (Å²) in [6.45, 7) is 26.1. The molecule has 19 heteroatoms. The van der Waals surface area contributed by atoms with Crippen molar-refractivity contribution < 1.29 is 128 Å². The predicted molar refractivity (Wildman–Crippen MR) is 275 cm³/mol. The van der Waals surface area contributed by atoms with Crippen molar-refractivity contribution in [2.45, 2.75) is 220 Å². The van der Waals surface area contributed by atoms with E-state index in [0.717, 1.165) is 82.6 Å². The molecule has 5 heterocycles. The SMILES string of the molecule is C=C(C)[C@H]1C[C@H](C)[C@H](CC[C@@H](C)[C@H]2CC[C@H]3C4=C(CC[C@]23C)[C@@]23CO[C@@](O)([C@@H](O)C2)C(C)(C)C3[C@@H](OS(=O)(=O)[O-])C4)O[C@@H]([C@@H](C)[C@H]2CC[C@H]3C4=C(CC[C@]23C)[C@@]23CO[C@@](O)([C@@H](O)C2)C(C)(C)C3[C@@H](OS(=O)(=O)[O-])C4)C1.[Na+].[Na+]. The van der Waals surface area contributed by atoms with Crippen LogP contribution in [0.2, 0.25) is 0 Å². The van der Waals surface area contributed by atoms with Crippen LogP contribution in [0.25, 0.3) is 0 Å². The summed E-state index contributed by atoms with van der Waals surface area (Å²) in [7, 11) is -10.2. The third-order valence-corrected chi connectivity index (χ3v) is 25.9. The van der Waals surface area contributed by atoms with Gasteiger partial charge in [0.2, 0.25) is 20.8 Å². The minimum atomic E-state index is -5.09. The molecule has 9 fully saturated rings. The van der Waals surface area contributed by atoms with Gasteiger partial charge in [0.25, 0.3) is 0 Å². The number of aliphatic hydroxyl groups is 4. The fourth-order valence-corrected chi connectivity index (χ4v) is 22.6. The van der Waals surface area contributed by atoms with Gasteiger partial charge in [-0.2, -0.15) is 0 Å². The number of allylic oxidation sites excluding steroid dienone is 1. The van der Waals surface area contributed by atoms with Crippen LogP contribution in [0, 0.1) is 91.7 Å². The normalized spacial score (nSPS) is 49.1. The summed E-state index contributed by atoms with van der Waals surface area (Å²) in [5.74, 6) is -2.68. The molecule has 2 spiro atoms. The second-order valence-corrected chi connectivity index (χ2v) is 30.7. The summed E-state index contributed by atoms with van der Waals surface area (Å²) in [6.07, 6.45) is 7.85. The first kappa shape index (κ1) is 62.2. The van der Waals surface area contributed by atoms with Crippen LogP contribution in [0.3, 0.4) is 0 Å². The smallest absolute Gasteiger partial charge is 0.726 e. The summed E-state index contributed by atoms with van der Waals surface area (Å²) in [5.41, 5.74) is 2.02. The molecule has 4 N–H and O–H groups in total. The predicted octanol–water partition coefficient (Wildman–Crippen LogP) is 2.39. The fraction of sp³-hybridized carbons (Fsp3) is 0.897. The van der Waals surface area contributed by atoms with Crippen LogP contribution in [-0.4, -0.2) is 108 Å². The minimum Gasteiger partial charge on any atom is -0.726 e. The van der Waals surface area contributed by atoms with Crippen LogP contribution in [0.1, 0.15) is 172 Å². The van der Waals surface area contributed by atoms with Crippen LogP contribution in [0.4, 0.5) is 0 Å². The van der Waals surface area contributed by atoms with Gasteiger partial charge in [-0.05, 0) is 168 Å². The van der Waals surface area contributed by atoms with Crippen LogP contribution >= 0.6 is 0 Å². The van der Waals surface area contributed by atoms with Gasteiger partial charge in [0.1, 0.15) is 12.2 Å². The molecule has 4 saturated carbocycles. The molecule has 22 atom stereocenters. The fourth-order valence-electron chi connectivity index (χ4n) is 21.6. The van der Waals surface area contributed by atoms with E-state index in [1.54, 1.807) is 27.7 Å². The van der Waals surface area contributed by atoms with Gasteiger partial charge in [-0.15, -0.1) is 0 Å². The number of aliphatic hydroxyl groups excluding tert-OH is 2. The Bertz CT molecular complexity index is 2640. The monoisotopic (exact) mass is 1130 g/mol. The quantitative estimate of drug-likeness (QED) is 0.101. The Kier molecular flexibility index (Phi) is 16.5. The Morgan fingerprint density at radius 2 is 1.17 bits per heavy atom. The van der Waals surface area contributed by atoms with Gasteiger partial charge in [0.05, 0.1) is 37.6 Å². The van der Waals surface area contributed by atoms with E-state index < -0.39 is 90.3 Å². The van der Waals surface area contributed by atoms with Gasteiger partial charge in [0.15, 0.2) is 11.6 Å². The van der Waals surface area contributed by atoms with E-state index in [1.165, 1.54) is 22.3 Å². The van der Waals surface area contributed by atoms with Crippen molar-refractivity contribution >= 4 is 20.8 Å². The molecule has 5 saturated heterocycles.